The lowest BCUT2D eigenvalue weighted by atomic mass is 9.97. The van der Waals surface area contributed by atoms with Gasteiger partial charge in [0.1, 0.15) is 24.6 Å². The van der Waals surface area contributed by atoms with Gasteiger partial charge in [0.25, 0.3) is 0 Å². The second kappa shape index (κ2) is 8.46. The molecule has 5 rings (SSSR count). The number of benzene rings is 1. The maximum atomic E-state index is 14.2. The van der Waals surface area contributed by atoms with Crippen molar-refractivity contribution in [1.29, 1.82) is 0 Å². The van der Waals surface area contributed by atoms with Crippen LogP contribution in [0.15, 0.2) is 35.3 Å². The van der Waals surface area contributed by atoms with E-state index in [1.165, 1.54) is 29.5 Å². The van der Waals surface area contributed by atoms with Crippen molar-refractivity contribution in [3.8, 4) is 0 Å². The molecule has 4 heterocycles. The number of nitrogens with zero attached hydrogens (tertiary/aromatic N) is 6. The number of rotatable bonds is 5. The fourth-order valence-electron chi connectivity index (χ4n) is 3.42. The minimum Gasteiger partial charge on any atom is -0.422 e. The van der Waals surface area contributed by atoms with Crippen LogP contribution >= 0.6 is 11.6 Å². The lowest BCUT2D eigenvalue weighted by Crippen LogP contribution is -2.36. The van der Waals surface area contributed by atoms with Gasteiger partial charge in [-0.25, -0.2) is 19.3 Å². The summed E-state index contributed by atoms with van der Waals surface area (Å²) in [7, 11) is 0. The van der Waals surface area contributed by atoms with Gasteiger partial charge < -0.3 is 24.4 Å². The van der Waals surface area contributed by atoms with E-state index in [0.717, 1.165) is 0 Å². The molecule has 0 bridgehead atoms. The van der Waals surface area contributed by atoms with E-state index in [9.17, 15) is 9.50 Å². The molecular formula is C21H21ClFN7O4. The number of hydrogen-bond acceptors (Lipinski definition) is 10. The highest BCUT2D eigenvalue weighted by Crippen LogP contribution is 2.32. The van der Waals surface area contributed by atoms with Crippen LogP contribution in [0.3, 0.4) is 0 Å². The number of hydrogen-bond donors (Lipinski definition) is 2. The molecule has 3 aromatic heterocycles. The van der Waals surface area contributed by atoms with E-state index in [1.807, 2.05) is 20.8 Å². The molecule has 13 heteroatoms. The van der Waals surface area contributed by atoms with Gasteiger partial charge in [-0.05, 0) is 18.2 Å². The van der Waals surface area contributed by atoms with E-state index in [1.54, 1.807) is 6.07 Å². The maximum absolute atomic E-state index is 14.2. The molecule has 1 saturated heterocycles. The highest BCUT2D eigenvalue weighted by atomic mass is 35.5. The second-order valence-electron chi connectivity index (χ2n) is 8.80. The maximum Gasteiger partial charge on any atom is 0.249 e. The minimum absolute atomic E-state index is 0.0207. The van der Waals surface area contributed by atoms with Crippen LogP contribution in [0.25, 0.3) is 11.2 Å². The zero-order chi connectivity index (χ0) is 24.0. The highest BCUT2D eigenvalue weighted by molar-refractivity contribution is 6.30. The Kier molecular flexibility index (Phi) is 5.58. The molecule has 1 fully saturated rings. The summed E-state index contributed by atoms with van der Waals surface area (Å²) in [4.78, 5) is 18.7. The van der Waals surface area contributed by atoms with E-state index < -0.39 is 24.1 Å². The summed E-state index contributed by atoms with van der Waals surface area (Å²) in [6.45, 7) is 5.86. The number of ether oxygens (including phenoxy) is 1. The molecule has 4 aromatic rings. The SMILES string of the molecule is CC(C)(C)c1nnc([C@H]2OC[C@@H](O)[C@@H]2On2cnc3c(Nc4ccc(Cl)cc4F)ncnc32)o1. The zero-order valence-corrected chi connectivity index (χ0v) is 19.2. The first-order chi connectivity index (χ1) is 16.2. The highest BCUT2D eigenvalue weighted by Gasteiger charge is 2.44. The van der Waals surface area contributed by atoms with Gasteiger partial charge in [-0.15, -0.1) is 10.2 Å². The first-order valence-electron chi connectivity index (χ1n) is 10.4. The fourth-order valence-corrected chi connectivity index (χ4v) is 3.58. The first-order valence-corrected chi connectivity index (χ1v) is 10.8. The zero-order valence-electron chi connectivity index (χ0n) is 18.4. The molecule has 2 N–H and O–H groups in total. The van der Waals surface area contributed by atoms with Crippen molar-refractivity contribution in [2.24, 2.45) is 0 Å². The van der Waals surface area contributed by atoms with Gasteiger partial charge in [0.05, 0.1) is 12.3 Å². The third-order valence-corrected chi connectivity index (χ3v) is 5.41. The van der Waals surface area contributed by atoms with Crippen LogP contribution in [-0.4, -0.2) is 53.8 Å². The number of aliphatic hydroxyl groups is 1. The summed E-state index contributed by atoms with van der Waals surface area (Å²) in [6, 6.07) is 4.23. The molecule has 0 unspecified atom stereocenters. The van der Waals surface area contributed by atoms with Crippen molar-refractivity contribution in [3.63, 3.8) is 0 Å². The molecule has 1 aliphatic heterocycles. The van der Waals surface area contributed by atoms with Crippen LogP contribution in [0.5, 0.6) is 0 Å². The van der Waals surface area contributed by atoms with Crippen LogP contribution in [0.1, 0.15) is 38.7 Å². The average Bonchev–Trinajstić information content (AvgIpc) is 3.50. The molecule has 178 valence electrons. The molecule has 0 saturated carbocycles. The summed E-state index contributed by atoms with van der Waals surface area (Å²) >= 11 is 5.82. The van der Waals surface area contributed by atoms with Crippen LogP contribution in [0.2, 0.25) is 5.02 Å². The quantitative estimate of drug-likeness (QED) is 0.431. The lowest BCUT2D eigenvalue weighted by molar-refractivity contribution is -0.0499. The Morgan fingerprint density at radius 1 is 1.24 bits per heavy atom. The largest absolute Gasteiger partial charge is 0.422 e. The minimum atomic E-state index is -0.963. The Labute approximate surface area is 197 Å². The summed E-state index contributed by atoms with van der Waals surface area (Å²) < 4.78 is 27.0. The predicted octanol–water partition coefficient (Wildman–Crippen LogP) is 2.97. The third kappa shape index (κ3) is 4.15. The van der Waals surface area contributed by atoms with E-state index >= 15 is 0 Å². The van der Waals surface area contributed by atoms with Gasteiger partial charge in [-0.1, -0.05) is 32.4 Å². The van der Waals surface area contributed by atoms with Crippen LogP contribution in [0.4, 0.5) is 15.9 Å². The smallest absolute Gasteiger partial charge is 0.249 e. The van der Waals surface area contributed by atoms with E-state index in [4.69, 9.17) is 25.6 Å². The Bertz CT molecular complexity index is 1340. The van der Waals surface area contributed by atoms with Gasteiger partial charge in [0.2, 0.25) is 17.4 Å². The van der Waals surface area contributed by atoms with Crippen molar-refractivity contribution in [1.82, 2.24) is 29.9 Å². The Balaban J connectivity index is 1.42. The number of anilines is 2. The van der Waals surface area contributed by atoms with Crippen molar-refractivity contribution < 1.29 is 23.5 Å². The average molecular weight is 490 g/mol. The first kappa shape index (κ1) is 22.4. The molecule has 1 aliphatic rings. The molecular weight excluding hydrogens is 469 g/mol. The van der Waals surface area contributed by atoms with Crippen molar-refractivity contribution in [3.05, 3.63) is 53.5 Å². The predicted molar refractivity (Wildman–Crippen MR) is 118 cm³/mol. The van der Waals surface area contributed by atoms with Gasteiger partial charge in [0.15, 0.2) is 23.5 Å². The summed E-state index contributed by atoms with van der Waals surface area (Å²) in [6.07, 6.45) is 0.0331. The Hall–Kier alpha value is -3.35. The summed E-state index contributed by atoms with van der Waals surface area (Å²) in [5.41, 5.74) is 0.453. The molecule has 1 aromatic carbocycles. The monoisotopic (exact) mass is 489 g/mol. The summed E-state index contributed by atoms with van der Waals surface area (Å²) in [5.74, 6) is 0.363. The number of nitrogens with one attached hydrogen (secondary N) is 1. The number of fused-ring (bicyclic) bond motifs is 1. The Morgan fingerprint density at radius 2 is 2.06 bits per heavy atom. The number of imidazole rings is 1. The van der Waals surface area contributed by atoms with Crippen LogP contribution in [0, 0.1) is 5.82 Å². The number of halogens is 2. The van der Waals surface area contributed by atoms with E-state index in [0.29, 0.717) is 17.1 Å². The normalized spacial score (nSPS) is 20.7. The van der Waals surface area contributed by atoms with Crippen molar-refractivity contribution >= 4 is 34.3 Å². The molecule has 0 radical (unpaired) electrons. The van der Waals surface area contributed by atoms with Crippen molar-refractivity contribution in [2.45, 2.75) is 44.5 Å². The topological polar surface area (TPSA) is 133 Å². The van der Waals surface area contributed by atoms with Gasteiger partial charge in [0, 0.05) is 10.4 Å². The van der Waals surface area contributed by atoms with Crippen molar-refractivity contribution in [2.75, 3.05) is 11.9 Å². The Morgan fingerprint density at radius 3 is 2.79 bits per heavy atom. The van der Waals surface area contributed by atoms with E-state index in [2.05, 4.69) is 30.5 Å². The fraction of sp³-hybridized carbons (Fsp3) is 0.381. The number of aliphatic hydroxyl groups excluding tert-OH is 1. The van der Waals surface area contributed by atoms with Gasteiger partial charge in [-0.3, -0.25) is 0 Å². The molecule has 0 amide bonds. The molecule has 0 aliphatic carbocycles. The van der Waals surface area contributed by atoms with Crippen LogP contribution in [-0.2, 0) is 10.2 Å². The summed E-state index contributed by atoms with van der Waals surface area (Å²) in [5, 5.41) is 21.8. The van der Waals surface area contributed by atoms with Gasteiger partial charge in [-0.2, -0.15) is 4.73 Å². The third-order valence-electron chi connectivity index (χ3n) is 5.17. The van der Waals surface area contributed by atoms with E-state index in [-0.39, 0.29) is 34.4 Å². The molecule has 11 nitrogen and oxygen atoms in total. The number of aromatic nitrogens is 6. The molecule has 34 heavy (non-hydrogen) atoms. The van der Waals surface area contributed by atoms with Gasteiger partial charge >= 0.3 is 0 Å². The van der Waals surface area contributed by atoms with Crippen LogP contribution < -0.4 is 10.2 Å². The molecule has 0 spiro atoms. The lowest BCUT2D eigenvalue weighted by Gasteiger charge is -2.19. The molecule has 3 atom stereocenters. The standard InChI is InChI=1S/C21H21ClFN7O4/c1-21(2,3)20-29-28-19(33-20)16-15(13(31)7-32-16)34-30-9-26-14-17(24-8-25-18(14)30)27-12-5-4-10(22)6-11(12)23/h4-6,8-9,13,15-16,31H,7H2,1-3H3,(H,24,25,27)/t13-,15+,16+/m1/s1. The second-order valence-corrected chi connectivity index (χ2v) is 9.24.